The quantitative estimate of drug-likeness (QED) is 0.744. The average molecular weight is 222 g/mol. The molecule has 1 heterocycles. The predicted octanol–water partition coefficient (Wildman–Crippen LogP) is 2.28. The Morgan fingerprint density at radius 1 is 1.38 bits per heavy atom. The van der Waals surface area contributed by atoms with E-state index in [1.54, 1.807) is 0 Å². The summed E-state index contributed by atoms with van der Waals surface area (Å²) in [5.41, 5.74) is 1.09. The van der Waals surface area contributed by atoms with E-state index >= 15 is 0 Å². The van der Waals surface area contributed by atoms with Crippen molar-refractivity contribution in [1.29, 1.82) is 0 Å². The molecule has 2 N–H and O–H groups in total. The number of nitrogens with one attached hydrogen (secondary N) is 1. The highest BCUT2D eigenvalue weighted by Gasteiger charge is 2.10. The Hall–Kier alpha value is -0.930. The van der Waals surface area contributed by atoms with Crippen molar-refractivity contribution in [3.8, 4) is 0 Å². The predicted molar refractivity (Wildman–Crippen MR) is 66.2 cm³/mol. The van der Waals surface area contributed by atoms with Crippen molar-refractivity contribution in [3.63, 3.8) is 0 Å². The van der Waals surface area contributed by atoms with Gasteiger partial charge in [-0.25, -0.2) is 0 Å². The standard InChI is InChI=1S/C13H22N2O/c1-3-6-12(15-10-8-11(2)16)13-7-4-5-9-14-13/h4-5,7,9,11-12,15-16H,3,6,8,10H2,1-2H3. The van der Waals surface area contributed by atoms with E-state index in [2.05, 4.69) is 23.3 Å². The number of rotatable bonds is 7. The molecule has 3 heteroatoms. The molecule has 0 aliphatic rings. The Morgan fingerprint density at radius 2 is 2.19 bits per heavy atom. The Balaban J connectivity index is 2.48. The first kappa shape index (κ1) is 13.1. The first-order valence-electron chi connectivity index (χ1n) is 6.06. The molecule has 0 spiro atoms. The molecule has 0 saturated heterocycles. The maximum absolute atomic E-state index is 9.21. The normalized spacial score (nSPS) is 14.7. The molecule has 0 saturated carbocycles. The summed E-state index contributed by atoms with van der Waals surface area (Å²) in [6.45, 7) is 4.82. The minimum atomic E-state index is -0.237. The fraction of sp³-hybridized carbons (Fsp3) is 0.615. The van der Waals surface area contributed by atoms with Gasteiger partial charge in [-0.15, -0.1) is 0 Å². The number of aliphatic hydroxyl groups excluding tert-OH is 1. The Labute approximate surface area is 97.9 Å². The van der Waals surface area contributed by atoms with Gasteiger partial charge in [-0.3, -0.25) is 4.98 Å². The summed E-state index contributed by atoms with van der Waals surface area (Å²) >= 11 is 0. The maximum atomic E-state index is 9.21. The minimum Gasteiger partial charge on any atom is -0.393 e. The van der Waals surface area contributed by atoms with Crippen LogP contribution in [0.3, 0.4) is 0 Å². The van der Waals surface area contributed by atoms with Gasteiger partial charge in [-0.1, -0.05) is 19.4 Å². The van der Waals surface area contributed by atoms with Crippen LogP contribution in [0.15, 0.2) is 24.4 Å². The van der Waals surface area contributed by atoms with Crippen molar-refractivity contribution in [3.05, 3.63) is 30.1 Å². The molecule has 0 aliphatic carbocycles. The van der Waals surface area contributed by atoms with Gasteiger partial charge in [0.2, 0.25) is 0 Å². The van der Waals surface area contributed by atoms with Gasteiger partial charge in [0.15, 0.2) is 0 Å². The molecule has 2 atom stereocenters. The van der Waals surface area contributed by atoms with Crippen LogP contribution in [0.4, 0.5) is 0 Å². The summed E-state index contributed by atoms with van der Waals surface area (Å²) in [6.07, 6.45) is 4.58. The van der Waals surface area contributed by atoms with Crippen LogP contribution in [0.1, 0.15) is 44.8 Å². The summed E-state index contributed by atoms with van der Waals surface area (Å²) in [5, 5.41) is 12.7. The van der Waals surface area contributed by atoms with E-state index < -0.39 is 0 Å². The third-order valence-corrected chi connectivity index (χ3v) is 2.57. The lowest BCUT2D eigenvalue weighted by Gasteiger charge is -2.18. The highest BCUT2D eigenvalue weighted by Crippen LogP contribution is 2.15. The van der Waals surface area contributed by atoms with E-state index in [4.69, 9.17) is 0 Å². The summed E-state index contributed by atoms with van der Waals surface area (Å²) in [5.74, 6) is 0. The second kappa shape index (κ2) is 7.36. The molecule has 1 rings (SSSR count). The van der Waals surface area contributed by atoms with Crippen molar-refractivity contribution in [2.75, 3.05) is 6.54 Å². The molecule has 90 valence electrons. The zero-order valence-electron chi connectivity index (χ0n) is 10.2. The second-order valence-electron chi connectivity index (χ2n) is 4.19. The zero-order valence-corrected chi connectivity index (χ0v) is 10.2. The Bertz CT molecular complexity index is 275. The first-order chi connectivity index (χ1) is 7.74. The third kappa shape index (κ3) is 4.73. The maximum Gasteiger partial charge on any atom is 0.0573 e. The van der Waals surface area contributed by atoms with Crippen molar-refractivity contribution < 1.29 is 5.11 Å². The number of pyridine rings is 1. The second-order valence-corrected chi connectivity index (χ2v) is 4.19. The van der Waals surface area contributed by atoms with Crippen LogP contribution < -0.4 is 5.32 Å². The van der Waals surface area contributed by atoms with Gasteiger partial charge >= 0.3 is 0 Å². The number of hydrogen-bond acceptors (Lipinski definition) is 3. The smallest absolute Gasteiger partial charge is 0.0573 e. The number of nitrogens with zero attached hydrogens (tertiary/aromatic N) is 1. The molecule has 3 nitrogen and oxygen atoms in total. The van der Waals surface area contributed by atoms with E-state index in [0.717, 1.165) is 31.5 Å². The van der Waals surface area contributed by atoms with Gasteiger partial charge in [0.05, 0.1) is 11.8 Å². The molecule has 16 heavy (non-hydrogen) atoms. The fourth-order valence-corrected chi connectivity index (χ4v) is 1.69. The summed E-state index contributed by atoms with van der Waals surface area (Å²) < 4.78 is 0. The molecule has 2 unspecified atom stereocenters. The minimum absolute atomic E-state index is 0.237. The van der Waals surface area contributed by atoms with Gasteiger partial charge in [-0.05, 0) is 38.4 Å². The van der Waals surface area contributed by atoms with Crippen LogP contribution in [0, 0.1) is 0 Å². The van der Waals surface area contributed by atoms with Crippen molar-refractivity contribution >= 4 is 0 Å². The van der Waals surface area contributed by atoms with Crippen LogP contribution in [-0.4, -0.2) is 22.7 Å². The SMILES string of the molecule is CCCC(NCCC(C)O)c1ccccn1. The van der Waals surface area contributed by atoms with Crippen molar-refractivity contribution in [1.82, 2.24) is 10.3 Å². The Morgan fingerprint density at radius 3 is 2.75 bits per heavy atom. The van der Waals surface area contributed by atoms with Crippen LogP contribution in [-0.2, 0) is 0 Å². The lowest BCUT2D eigenvalue weighted by atomic mass is 10.1. The molecule has 0 aliphatic heterocycles. The molecule has 1 aromatic heterocycles. The van der Waals surface area contributed by atoms with Gasteiger partial charge in [0.25, 0.3) is 0 Å². The highest BCUT2D eigenvalue weighted by molar-refractivity contribution is 5.08. The molecule has 1 aromatic rings. The third-order valence-electron chi connectivity index (χ3n) is 2.57. The lowest BCUT2D eigenvalue weighted by Crippen LogP contribution is -2.25. The highest BCUT2D eigenvalue weighted by atomic mass is 16.3. The molecule has 0 fully saturated rings. The first-order valence-corrected chi connectivity index (χ1v) is 6.06. The van der Waals surface area contributed by atoms with Gasteiger partial charge in [0, 0.05) is 12.2 Å². The molecular formula is C13H22N2O. The summed E-state index contributed by atoms with van der Waals surface area (Å²) in [7, 11) is 0. The van der Waals surface area contributed by atoms with E-state index in [1.165, 1.54) is 0 Å². The molecule has 0 amide bonds. The van der Waals surface area contributed by atoms with Crippen LogP contribution in [0.2, 0.25) is 0 Å². The van der Waals surface area contributed by atoms with E-state index in [1.807, 2.05) is 25.3 Å². The van der Waals surface area contributed by atoms with E-state index in [0.29, 0.717) is 6.04 Å². The van der Waals surface area contributed by atoms with Crippen LogP contribution in [0.5, 0.6) is 0 Å². The van der Waals surface area contributed by atoms with Crippen molar-refractivity contribution in [2.24, 2.45) is 0 Å². The number of hydrogen-bond donors (Lipinski definition) is 2. The van der Waals surface area contributed by atoms with Gasteiger partial charge in [0.1, 0.15) is 0 Å². The van der Waals surface area contributed by atoms with Gasteiger partial charge < -0.3 is 10.4 Å². The molecular weight excluding hydrogens is 200 g/mol. The van der Waals surface area contributed by atoms with E-state index in [9.17, 15) is 5.11 Å². The molecule has 0 bridgehead atoms. The summed E-state index contributed by atoms with van der Waals surface area (Å²) in [6, 6.07) is 6.31. The number of aliphatic hydroxyl groups is 1. The molecule has 0 radical (unpaired) electrons. The average Bonchev–Trinajstić information content (AvgIpc) is 2.29. The Kier molecular flexibility index (Phi) is 6.04. The lowest BCUT2D eigenvalue weighted by molar-refractivity contribution is 0.182. The molecule has 0 aromatic carbocycles. The van der Waals surface area contributed by atoms with Gasteiger partial charge in [-0.2, -0.15) is 0 Å². The zero-order chi connectivity index (χ0) is 11.8. The fourth-order valence-electron chi connectivity index (χ4n) is 1.69. The topological polar surface area (TPSA) is 45.1 Å². The van der Waals surface area contributed by atoms with Crippen LogP contribution in [0.25, 0.3) is 0 Å². The summed E-state index contributed by atoms with van der Waals surface area (Å²) in [4.78, 5) is 4.37. The number of aromatic nitrogens is 1. The largest absolute Gasteiger partial charge is 0.393 e. The monoisotopic (exact) mass is 222 g/mol. The van der Waals surface area contributed by atoms with Crippen molar-refractivity contribution in [2.45, 2.75) is 45.3 Å². The van der Waals surface area contributed by atoms with E-state index in [-0.39, 0.29) is 6.10 Å². The van der Waals surface area contributed by atoms with Crippen LogP contribution >= 0.6 is 0 Å².